The average molecular weight is 372 g/mol. The van der Waals surface area contributed by atoms with Gasteiger partial charge in [-0.3, -0.25) is 0 Å². The quantitative estimate of drug-likeness (QED) is 0.534. The molecule has 84 valence electrons. The van der Waals surface area contributed by atoms with Crippen LogP contribution in [-0.2, 0) is 0 Å². The van der Waals surface area contributed by atoms with Gasteiger partial charge in [-0.15, -0.1) is 11.3 Å². The van der Waals surface area contributed by atoms with Crippen LogP contribution in [0.4, 0.5) is 0 Å². The number of nitriles is 1. The van der Waals surface area contributed by atoms with Crippen molar-refractivity contribution in [1.82, 2.24) is 0 Å². The van der Waals surface area contributed by atoms with Crippen molar-refractivity contribution < 1.29 is 0 Å². The molecule has 0 atom stereocenters. The first-order chi connectivity index (χ1) is 8.19. The van der Waals surface area contributed by atoms with E-state index in [0.29, 0.717) is 5.57 Å². The molecule has 0 unspecified atom stereocenters. The Hall–Kier alpha value is -0.830. The Labute approximate surface area is 122 Å². The van der Waals surface area contributed by atoms with Gasteiger partial charge in [-0.05, 0) is 58.5 Å². The minimum absolute atomic E-state index is 0.653. The molecule has 0 aliphatic heterocycles. The maximum atomic E-state index is 9.17. The third-order valence-corrected chi connectivity index (χ3v) is 4.05. The van der Waals surface area contributed by atoms with Gasteiger partial charge in [0.25, 0.3) is 0 Å². The van der Waals surface area contributed by atoms with E-state index in [2.05, 4.69) is 28.7 Å². The van der Waals surface area contributed by atoms with Gasteiger partial charge in [0.1, 0.15) is 0 Å². The van der Waals surface area contributed by atoms with Crippen LogP contribution in [0.3, 0.4) is 0 Å². The van der Waals surface area contributed by atoms with Crippen LogP contribution < -0.4 is 0 Å². The minimum Gasteiger partial charge on any atom is -0.192 e. The molecule has 2 rings (SSSR count). The highest BCUT2D eigenvalue weighted by atomic mass is 127. The van der Waals surface area contributed by atoms with Crippen molar-refractivity contribution in [3.8, 4) is 6.07 Å². The van der Waals surface area contributed by atoms with Crippen LogP contribution in [0.5, 0.6) is 0 Å². The monoisotopic (exact) mass is 371 g/mol. The number of thiophene rings is 1. The lowest BCUT2D eigenvalue weighted by atomic mass is 10.1. The van der Waals surface area contributed by atoms with Gasteiger partial charge in [0.15, 0.2) is 0 Å². The van der Waals surface area contributed by atoms with Gasteiger partial charge in [0.05, 0.1) is 16.0 Å². The zero-order valence-electron chi connectivity index (χ0n) is 8.65. The largest absolute Gasteiger partial charge is 0.192 e. The van der Waals surface area contributed by atoms with Gasteiger partial charge < -0.3 is 0 Å². The normalized spacial score (nSPS) is 11.2. The fraction of sp³-hybridized carbons (Fsp3) is 0. The summed E-state index contributed by atoms with van der Waals surface area (Å²) in [6.45, 7) is 0. The SMILES string of the molecule is N#C/C(=C\c1ccc(Cl)s1)c1ccc(I)cc1. The summed E-state index contributed by atoms with van der Waals surface area (Å²) in [4.78, 5) is 0.991. The Morgan fingerprint density at radius 3 is 2.47 bits per heavy atom. The molecule has 0 aliphatic carbocycles. The topological polar surface area (TPSA) is 23.8 Å². The van der Waals surface area contributed by atoms with Gasteiger partial charge >= 0.3 is 0 Å². The molecule has 1 aromatic carbocycles. The van der Waals surface area contributed by atoms with Crippen LogP contribution in [0.2, 0.25) is 4.34 Å². The molecule has 1 nitrogen and oxygen atoms in total. The van der Waals surface area contributed by atoms with Gasteiger partial charge in [0, 0.05) is 8.45 Å². The molecule has 0 amide bonds. The van der Waals surface area contributed by atoms with Crippen molar-refractivity contribution >= 4 is 57.2 Å². The van der Waals surface area contributed by atoms with E-state index in [4.69, 9.17) is 16.9 Å². The van der Waals surface area contributed by atoms with Crippen molar-refractivity contribution in [1.29, 1.82) is 5.26 Å². The van der Waals surface area contributed by atoms with E-state index in [-0.39, 0.29) is 0 Å². The lowest BCUT2D eigenvalue weighted by molar-refractivity contribution is 1.52. The Balaban J connectivity index is 2.37. The Kier molecular flexibility index (Phi) is 4.21. The fourth-order valence-corrected chi connectivity index (χ4v) is 2.72. The summed E-state index contributed by atoms with van der Waals surface area (Å²) in [5, 5.41) is 9.17. The third kappa shape index (κ3) is 3.32. The third-order valence-electron chi connectivity index (χ3n) is 2.16. The summed E-state index contributed by atoms with van der Waals surface area (Å²) in [5.41, 5.74) is 1.58. The lowest BCUT2D eigenvalue weighted by Gasteiger charge is -1.98. The van der Waals surface area contributed by atoms with Gasteiger partial charge in [-0.25, -0.2) is 0 Å². The van der Waals surface area contributed by atoms with Crippen molar-refractivity contribution in [3.05, 3.63) is 54.7 Å². The Morgan fingerprint density at radius 2 is 1.94 bits per heavy atom. The molecule has 0 aliphatic rings. The molecule has 1 aromatic heterocycles. The number of rotatable bonds is 2. The second-order valence-electron chi connectivity index (χ2n) is 3.32. The molecule has 0 saturated carbocycles. The second kappa shape index (κ2) is 5.67. The maximum absolute atomic E-state index is 9.17. The highest BCUT2D eigenvalue weighted by Crippen LogP contribution is 2.26. The van der Waals surface area contributed by atoms with Crippen LogP contribution in [0.15, 0.2) is 36.4 Å². The summed E-state index contributed by atoms with van der Waals surface area (Å²) in [6.07, 6.45) is 1.86. The Bertz CT molecular complexity index is 593. The minimum atomic E-state index is 0.653. The number of hydrogen-bond donors (Lipinski definition) is 0. The predicted molar refractivity (Wildman–Crippen MR) is 82.0 cm³/mol. The van der Waals surface area contributed by atoms with Crippen LogP contribution in [0, 0.1) is 14.9 Å². The molecular formula is C13H7ClINS. The first-order valence-corrected chi connectivity index (χ1v) is 7.09. The maximum Gasteiger partial charge on any atom is 0.0998 e. The van der Waals surface area contributed by atoms with Crippen molar-refractivity contribution in [2.75, 3.05) is 0 Å². The number of hydrogen-bond acceptors (Lipinski definition) is 2. The first kappa shape index (κ1) is 12.6. The summed E-state index contributed by atoms with van der Waals surface area (Å²) >= 11 is 9.57. The Morgan fingerprint density at radius 1 is 1.24 bits per heavy atom. The first-order valence-electron chi connectivity index (χ1n) is 4.82. The molecule has 0 bridgehead atoms. The van der Waals surface area contributed by atoms with E-state index in [9.17, 15) is 0 Å². The number of nitrogens with zero attached hydrogens (tertiary/aromatic N) is 1. The van der Waals surface area contributed by atoms with Gasteiger partial charge in [0.2, 0.25) is 0 Å². The van der Waals surface area contributed by atoms with Gasteiger partial charge in [-0.1, -0.05) is 23.7 Å². The van der Waals surface area contributed by atoms with E-state index in [1.54, 1.807) is 0 Å². The molecule has 1 heterocycles. The smallest absolute Gasteiger partial charge is 0.0998 e. The van der Waals surface area contributed by atoms with E-state index < -0.39 is 0 Å². The highest BCUT2D eigenvalue weighted by molar-refractivity contribution is 14.1. The molecule has 2 aromatic rings. The van der Waals surface area contributed by atoms with Gasteiger partial charge in [-0.2, -0.15) is 5.26 Å². The molecule has 4 heteroatoms. The summed E-state index contributed by atoms with van der Waals surface area (Å²) in [5.74, 6) is 0. The van der Waals surface area contributed by atoms with Crippen LogP contribution in [0.25, 0.3) is 11.6 Å². The zero-order chi connectivity index (χ0) is 12.3. The molecule has 0 fully saturated rings. The van der Waals surface area contributed by atoms with Crippen molar-refractivity contribution in [3.63, 3.8) is 0 Å². The standard InChI is InChI=1S/C13H7ClINS/c14-13-6-5-12(17-13)7-10(8-16)9-1-3-11(15)4-2-9/h1-7H/b10-7+. The summed E-state index contributed by atoms with van der Waals surface area (Å²) in [6, 6.07) is 13.8. The summed E-state index contributed by atoms with van der Waals surface area (Å²) in [7, 11) is 0. The zero-order valence-corrected chi connectivity index (χ0v) is 12.4. The second-order valence-corrected chi connectivity index (χ2v) is 6.31. The number of benzene rings is 1. The van der Waals surface area contributed by atoms with Crippen LogP contribution in [0.1, 0.15) is 10.4 Å². The van der Waals surface area contributed by atoms with E-state index in [0.717, 1.165) is 18.3 Å². The van der Waals surface area contributed by atoms with Crippen molar-refractivity contribution in [2.24, 2.45) is 0 Å². The van der Waals surface area contributed by atoms with Crippen LogP contribution in [-0.4, -0.2) is 0 Å². The molecule has 0 radical (unpaired) electrons. The summed E-state index contributed by atoms with van der Waals surface area (Å²) < 4.78 is 1.89. The number of halogens is 2. The molecule has 0 saturated heterocycles. The molecule has 0 spiro atoms. The number of allylic oxidation sites excluding steroid dienone is 1. The van der Waals surface area contributed by atoms with Crippen LogP contribution >= 0.6 is 45.5 Å². The molecule has 0 N–H and O–H groups in total. The van der Waals surface area contributed by atoms with E-state index >= 15 is 0 Å². The van der Waals surface area contributed by atoms with E-state index in [1.165, 1.54) is 11.3 Å². The lowest BCUT2D eigenvalue weighted by Crippen LogP contribution is -1.81. The molecule has 17 heavy (non-hydrogen) atoms. The average Bonchev–Trinajstić information content (AvgIpc) is 2.73. The van der Waals surface area contributed by atoms with Crippen molar-refractivity contribution in [2.45, 2.75) is 0 Å². The fourth-order valence-electron chi connectivity index (χ4n) is 1.36. The molecular weight excluding hydrogens is 365 g/mol. The van der Waals surface area contributed by atoms with E-state index in [1.807, 2.05) is 42.5 Å². The highest BCUT2D eigenvalue weighted by Gasteiger charge is 2.02. The predicted octanol–water partition coefficient (Wildman–Crippen LogP) is 5.07.